The van der Waals surface area contributed by atoms with E-state index >= 15 is 0 Å². The summed E-state index contributed by atoms with van der Waals surface area (Å²) in [6.07, 6.45) is 8.00. The van der Waals surface area contributed by atoms with Crippen LogP contribution in [0.2, 0.25) is 0 Å². The first-order chi connectivity index (χ1) is 15.1. The Morgan fingerprint density at radius 2 is 2.00 bits per heavy atom. The smallest absolute Gasteiger partial charge is 0.217 e. The Labute approximate surface area is 184 Å². The Morgan fingerprint density at radius 1 is 1.23 bits per heavy atom. The summed E-state index contributed by atoms with van der Waals surface area (Å²) < 4.78 is 11.1. The first kappa shape index (κ1) is 22.8. The highest BCUT2D eigenvalue weighted by Gasteiger charge is 2.14. The van der Waals surface area contributed by atoms with E-state index in [9.17, 15) is 0 Å². The average Bonchev–Trinajstić information content (AvgIpc) is 3.31. The zero-order chi connectivity index (χ0) is 21.9. The molecule has 0 spiro atoms. The molecule has 4 rings (SSSR count). The molecule has 166 valence electrons. The number of pyridine rings is 1. The van der Waals surface area contributed by atoms with E-state index in [0.717, 1.165) is 56.9 Å². The van der Waals surface area contributed by atoms with Gasteiger partial charge in [-0.15, -0.1) is 0 Å². The zero-order valence-electron chi connectivity index (χ0n) is 18.2. The number of hydrogen-bond donors (Lipinski definition) is 3. The number of hydrogen-bond acceptors (Lipinski definition) is 7. The molecule has 0 bridgehead atoms. The highest BCUT2D eigenvalue weighted by atomic mass is 16.5. The monoisotopic (exact) mass is 423 g/mol. The molecule has 7 heteroatoms. The van der Waals surface area contributed by atoms with Gasteiger partial charge in [0.2, 0.25) is 5.88 Å². The summed E-state index contributed by atoms with van der Waals surface area (Å²) in [6.45, 7) is 6.67. The molecule has 1 aromatic heterocycles. The topological polar surface area (TPSA) is 96.5 Å². The van der Waals surface area contributed by atoms with Crippen molar-refractivity contribution in [1.29, 1.82) is 5.41 Å². The van der Waals surface area contributed by atoms with Crippen molar-refractivity contribution in [3.63, 3.8) is 0 Å². The van der Waals surface area contributed by atoms with Crippen molar-refractivity contribution in [2.45, 2.75) is 25.8 Å². The molecule has 7 nitrogen and oxygen atoms in total. The van der Waals surface area contributed by atoms with E-state index in [4.69, 9.17) is 20.6 Å². The number of aromatic nitrogens is 1. The maximum atomic E-state index is 6.92. The Bertz CT molecular complexity index is 857. The number of ether oxygens (including phenoxy) is 2. The van der Waals surface area contributed by atoms with Gasteiger partial charge in [-0.05, 0) is 25.3 Å². The van der Waals surface area contributed by atoms with Crippen LogP contribution in [0.3, 0.4) is 0 Å². The van der Waals surface area contributed by atoms with Gasteiger partial charge in [0.05, 0.1) is 13.2 Å². The number of nitrogens with zero attached hydrogens (tertiary/aromatic N) is 2. The number of morpholine rings is 1. The van der Waals surface area contributed by atoms with E-state index in [1.54, 1.807) is 0 Å². The molecular formula is C24H33N5O2. The van der Waals surface area contributed by atoms with Crippen LogP contribution in [0, 0.1) is 12.3 Å². The summed E-state index contributed by atoms with van der Waals surface area (Å²) in [5.41, 5.74) is 9.12. The SMILES string of the molecule is Cc1cccc(C=N)c1.Nc1cc(N2CCOCC2)cc(OCCNC2CC=CC2)n1. The second-order valence-corrected chi connectivity index (χ2v) is 7.69. The fourth-order valence-corrected chi connectivity index (χ4v) is 3.55. The molecular weight excluding hydrogens is 390 g/mol. The predicted octanol–water partition coefficient (Wildman–Crippen LogP) is 3.18. The van der Waals surface area contributed by atoms with E-state index in [1.807, 2.05) is 43.3 Å². The largest absolute Gasteiger partial charge is 0.476 e. The van der Waals surface area contributed by atoms with Gasteiger partial charge in [-0.1, -0.05) is 42.0 Å². The molecule has 0 amide bonds. The van der Waals surface area contributed by atoms with Crippen LogP contribution in [0.15, 0.2) is 48.6 Å². The maximum absolute atomic E-state index is 6.92. The lowest BCUT2D eigenvalue weighted by Gasteiger charge is -2.29. The highest BCUT2D eigenvalue weighted by Crippen LogP contribution is 2.23. The predicted molar refractivity (Wildman–Crippen MR) is 126 cm³/mol. The number of nitrogens with two attached hydrogens (primary N) is 1. The molecule has 0 unspecified atom stereocenters. The highest BCUT2D eigenvalue weighted by molar-refractivity contribution is 5.76. The first-order valence-electron chi connectivity index (χ1n) is 10.8. The molecule has 0 radical (unpaired) electrons. The van der Waals surface area contributed by atoms with Crippen molar-refractivity contribution >= 4 is 17.7 Å². The van der Waals surface area contributed by atoms with Gasteiger partial charge in [-0.25, -0.2) is 0 Å². The second-order valence-electron chi connectivity index (χ2n) is 7.69. The Balaban J connectivity index is 0.000000254. The summed E-state index contributed by atoms with van der Waals surface area (Å²) in [7, 11) is 0. The van der Waals surface area contributed by atoms with Crippen molar-refractivity contribution in [3.8, 4) is 5.88 Å². The second kappa shape index (κ2) is 12.1. The van der Waals surface area contributed by atoms with Crippen molar-refractivity contribution < 1.29 is 9.47 Å². The lowest BCUT2D eigenvalue weighted by atomic mass is 10.2. The molecule has 0 saturated carbocycles. The van der Waals surface area contributed by atoms with E-state index < -0.39 is 0 Å². The quantitative estimate of drug-likeness (QED) is 0.360. The van der Waals surface area contributed by atoms with Crippen LogP contribution in [-0.2, 0) is 4.74 Å². The number of aryl methyl sites for hydroxylation is 1. The van der Waals surface area contributed by atoms with Gasteiger partial charge >= 0.3 is 0 Å². The normalized spacial score (nSPS) is 16.0. The lowest BCUT2D eigenvalue weighted by molar-refractivity contribution is 0.122. The number of nitrogen functional groups attached to an aromatic ring is 1. The Kier molecular flexibility index (Phi) is 8.87. The number of anilines is 2. The Morgan fingerprint density at radius 3 is 2.68 bits per heavy atom. The lowest BCUT2D eigenvalue weighted by Crippen LogP contribution is -2.36. The third-order valence-electron chi connectivity index (χ3n) is 5.18. The molecule has 1 saturated heterocycles. The molecule has 1 aliphatic heterocycles. The molecule has 1 aromatic carbocycles. The number of benzene rings is 1. The summed E-state index contributed by atoms with van der Waals surface area (Å²) in [4.78, 5) is 6.50. The molecule has 2 aromatic rings. The van der Waals surface area contributed by atoms with Gasteiger partial charge in [0.25, 0.3) is 0 Å². The van der Waals surface area contributed by atoms with E-state index in [0.29, 0.717) is 24.3 Å². The van der Waals surface area contributed by atoms with E-state index in [2.05, 4.69) is 27.4 Å². The molecule has 4 N–H and O–H groups in total. The summed E-state index contributed by atoms with van der Waals surface area (Å²) >= 11 is 0. The summed E-state index contributed by atoms with van der Waals surface area (Å²) in [5, 5.41) is 10.4. The van der Waals surface area contributed by atoms with Crippen LogP contribution in [-0.4, -0.2) is 56.7 Å². The standard InChI is InChI=1S/C16H24N4O2.C8H9N/c17-15-11-14(20-6-9-21-10-7-20)12-16(19-15)22-8-5-18-13-3-1-2-4-13;1-7-3-2-4-8(5-7)6-9/h1-2,11-13,18H,3-10H2,(H2,17,19);2-6,9H,1H3. The van der Waals surface area contributed by atoms with Crippen LogP contribution in [0.1, 0.15) is 24.0 Å². The van der Waals surface area contributed by atoms with Crippen LogP contribution in [0.5, 0.6) is 5.88 Å². The minimum atomic E-state index is 0.493. The Hall–Kier alpha value is -2.90. The van der Waals surface area contributed by atoms with Gasteiger partial charge < -0.3 is 30.8 Å². The fourth-order valence-electron chi connectivity index (χ4n) is 3.55. The minimum Gasteiger partial charge on any atom is -0.476 e. The van der Waals surface area contributed by atoms with Crippen molar-refractivity contribution in [2.24, 2.45) is 0 Å². The number of rotatable bonds is 7. The van der Waals surface area contributed by atoms with Gasteiger partial charge in [0, 0.05) is 49.7 Å². The molecule has 0 atom stereocenters. The minimum absolute atomic E-state index is 0.493. The summed E-state index contributed by atoms with van der Waals surface area (Å²) in [6, 6.07) is 12.3. The van der Waals surface area contributed by atoms with Crippen molar-refractivity contribution in [2.75, 3.05) is 50.1 Å². The first-order valence-corrected chi connectivity index (χ1v) is 10.8. The van der Waals surface area contributed by atoms with Crippen LogP contribution >= 0.6 is 0 Å². The van der Waals surface area contributed by atoms with Gasteiger partial charge in [0.15, 0.2) is 0 Å². The van der Waals surface area contributed by atoms with Crippen LogP contribution in [0.4, 0.5) is 11.5 Å². The maximum Gasteiger partial charge on any atom is 0.217 e. The van der Waals surface area contributed by atoms with Gasteiger partial charge in [-0.3, -0.25) is 0 Å². The van der Waals surface area contributed by atoms with Gasteiger partial charge in [-0.2, -0.15) is 4.98 Å². The van der Waals surface area contributed by atoms with Gasteiger partial charge in [0.1, 0.15) is 12.4 Å². The molecule has 2 heterocycles. The van der Waals surface area contributed by atoms with Crippen molar-refractivity contribution in [3.05, 3.63) is 59.7 Å². The average molecular weight is 424 g/mol. The van der Waals surface area contributed by atoms with E-state index in [1.165, 1.54) is 11.8 Å². The third-order valence-corrected chi connectivity index (χ3v) is 5.18. The fraction of sp³-hybridized carbons (Fsp3) is 0.417. The molecule has 1 fully saturated rings. The zero-order valence-corrected chi connectivity index (χ0v) is 18.2. The van der Waals surface area contributed by atoms with Crippen LogP contribution in [0.25, 0.3) is 0 Å². The third kappa shape index (κ3) is 7.70. The molecule has 2 aliphatic rings. The number of nitrogens with one attached hydrogen (secondary N) is 2. The van der Waals surface area contributed by atoms with E-state index in [-0.39, 0.29) is 0 Å². The van der Waals surface area contributed by atoms with Crippen molar-refractivity contribution in [1.82, 2.24) is 10.3 Å². The summed E-state index contributed by atoms with van der Waals surface area (Å²) in [5.74, 6) is 1.08. The van der Waals surface area contributed by atoms with Crippen LogP contribution < -0.4 is 20.7 Å². The molecule has 31 heavy (non-hydrogen) atoms. The molecule has 1 aliphatic carbocycles.